The number of pyridine rings is 1. The van der Waals surface area contributed by atoms with Crippen molar-refractivity contribution < 1.29 is 4.79 Å². The highest BCUT2D eigenvalue weighted by Gasteiger charge is 2.54. The molecule has 2 unspecified atom stereocenters. The van der Waals surface area contributed by atoms with E-state index in [1.807, 2.05) is 17.9 Å². The third kappa shape index (κ3) is 1.41. The second-order valence-electron chi connectivity index (χ2n) is 4.87. The summed E-state index contributed by atoms with van der Waals surface area (Å²) in [6, 6.07) is 2.22. The van der Waals surface area contributed by atoms with E-state index < -0.39 is 0 Å². The second kappa shape index (κ2) is 3.28. The van der Waals surface area contributed by atoms with Gasteiger partial charge in [0.15, 0.2) is 0 Å². The minimum Gasteiger partial charge on any atom is -0.338 e. The molecule has 1 aliphatic carbocycles. The standard InChI is InChI=1S/C12H15N3O/c1-7-2-8(4-14-3-7)12(16)15-5-9-10(6-15)11(9)13/h2-4,9-11H,5-6,13H2,1H3. The Bertz CT molecular complexity index is 434. The van der Waals surface area contributed by atoms with Crippen molar-refractivity contribution in [1.29, 1.82) is 0 Å². The molecule has 2 fully saturated rings. The van der Waals surface area contributed by atoms with E-state index in [2.05, 4.69) is 4.98 Å². The Morgan fingerprint density at radius 2 is 2.12 bits per heavy atom. The van der Waals surface area contributed by atoms with Crippen molar-refractivity contribution in [2.24, 2.45) is 17.6 Å². The molecule has 1 aliphatic heterocycles. The van der Waals surface area contributed by atoms with Crippen LogP contribution >= 0.6 is 0 Å². The maximum Gasteiger partial charge on any atom is 0.255 e. The highest BCUT2D eigenvalue weighted by molar-refractivity contribution is 5.94. The Morgan fingerprint density at radius 3 is 2.75 bits per heavy atom. The van der Waals surface area contributed by atoms with Crippen LogP contribution in [0.25, 0.3) is 0 Å². The highest BCUT2D eigenvalue weighted by atomic mass is 16.2. The van der Waals surface area contributed by atoms with Crippen LogP contribution in [0.2, 0.25) is 0 Å². The van der Waals surface area contributed by atoms with Gasteiger partial charge in [-0.25, -0.2) is 0 Å². The van der Waals surface area contributed by atoms with Gasteiger partial charge >= 0.3 is 0 Å². The molecule has 1 aromatic heterocycles. The first-order valence-corrected chi connectivity index (χ1v) is 5.63. The number of aryl methyl sites for hydroxylation is 1. The van der Waals surface area contributed by atoms with Gasteiger partial charge in [-0.2, -0.15) is 0 Å². The summed E-state index contributed by atoms with van der Waals surface area (Å²) in [6.45, 7) is 3.58. The van der Waals surface area contributed by atoms with Crippen LogP contribution in [0.15, 0.2) is 18.5 Å². The third-order valence-electron chi connectivity index (χ3n) is 3.67. The molecule has 1 saturated heterocycles. The van der Waals surface area contributed by atoms with Crippen molar-refractivity contribution in [3.8, 4) is 0 Å². The average molecular weight is 217 g/mol. The molecule has 2 aliphatic rings. The Morgan fingerprint density at radius 1 is 1.44 bits per heavy atom. The largest absolute Gasteiger partial charge is 0.338 e. The monoisotopic (exact) mass is 217 g/mol. The first kappa shape index (κ1) is 9.78. The lowest BCUT2D eigenvalue weighted by atomic mass is 10.2. The van der Waals surface area contributed by atoms with Gasteiger partial charge in [-0.1, -0.05) is 0 Å². The highest BCUT2D eigenvalue weighted by Crippen LogP contribution is 2.44. The Kier molecular flexibility index (Phi) is 2.01. The van der Waals surface area contributed by atoms with Crippen LogP contribution in [0, 0.1) is 18.8 Å². The predicted octanol–water partition coefficient (Wildman–Crippen LogP) is 0.419. The van der Waals surface area contributed by atoms with E-state index in [1.54, 1.807) is 12.4 Å². The maximum atomic E-state index is 12.1. The zero-order valence-electron chi connectivity index (χ0n) is 9.26. The zero-order chi connectivity index (χ0) is 11.3. The third-order valence-corrected chi connectivity index (χ3v) is 3.67. The molecule has 4 nitrogen and oxygen atoms in total. The van der Waals surface area contributed by atoms with Crippen LogP contribution in [0.5, 0.6) is 0 Å². The summed E-state index contributed by atoms with van der Waals surface area (Å²) >= 11 is 0. The SMILES string of the molecule is Cc1cncc(C(=O)N2CC3C(N)C3C2)c1. The van der Waals surface area contributed by atoms with E-state index in [-0.39, 0.29) is 5.91 Å². The summed E-state index contributed by atoms with van der Waals surface area (Å²) in [5.41, 5.74) is 7.56. The molecule has 2 heterocycles. The Hall–Kier alpha value is -1.42. The van der Waals surface area contributed by atoms with Gasteiger partial charge in [-0.15, -0.1) is 0 Å². The van der Waals surface area contributed by atoms with E-state index in [0.29, 0.717) is 23.4 Å². The number of nitrogens with two attached hydrogens (primary N) is 1. The fourth-order valence-electron chi connectivity index (χ4n) is 2.59. The van der Waals surface area contributed by atoms with Crippen molar-refractivity contribution in [3.63, 3.8) is 0 Å². The van der Waals surface area contributed by atoms with Crippen LogP contribution in [0.1, 0.15) is 15.9 Å². The molecule has 0 aromatic carbocycles. The van der Waals surface area contributed by atoms with Crippen molar-refractivity contribution in [2.45, 2.75) is 13.0 Å². The summed E-state index contributed by atoms with van der Waals surface area (Å²) in [4.78, 5) is 18.1. The topological polar surface area (TPSA) is 59.2 Å². The molecule has 2 atom stereocenters. The molecule has 1 amide bonds. The van der Waals surface area contributed by atoms with E-state index >= 15 is 0 Å². The zero-order valence-corrected chi connectivity index (χ0v) is 9.26. The van der Waals surface area contributed by atoms with E-state index in [1.165, 1.54) is 0 Å². The first-order valence-electron chi connectivity index (χ1n) is 5.63. The van der Waals surface area contributed by atoms with Crippen LogP contribution in [0.4, 0.5) is 0 Å². The number of hydrogen-bond donors (Lipinski definition) is 1. The van der Waals surface area contributed by atoms with Gasteiger partial charge in [0.2, 0.25) is 0 Å². The molecular weight excluding hydrogens is 202 g/mol. The van der Waals surface area contributed by atoms with E-state index in [0.717, 1.165) is 18.7 Å². The van der Waals surface area contributed by atoms with Crippen molar-refractivity contribution in [2.75, 3.05) is 13.1 Å². The summed E-state index contributed by atoms with van der Waals surface area (Å²) in [7, 11) is 0. The van der Waals surface area contributed by atoms with Gasteiger partial charge in [-0.3, -0.25) is 9.78 Å². The number of aromatic nitrogens is 1. The molecule has 0 bridgehead atoms. The number of fused-ring (bicyclic) bond motifs is 1. The fourth-order valence-corrected chi connectivity index (χ4v) is 2.59. The summed E-state index contributed by atoms with van der Waals surface area (Å²) in [6.07, 6.45) is 3.40. The lowest BCUT2D eigenvalue weighted by Crippen LogP contribution is -2.33. The molecule has 16 heavy (non-hydrogen) atoms. The molecule has 1 saturated carbocycles. The van der Waals surface area contributed by atoms with Crippen LogP contribution < -0.4 is 5.73 Å². The number of nitrogens with zero attached hydrogens (tertiary/aromatic N) is 2. The molecule has 4 heteroatoms. The van der Waals surface area contributed by atoms with Gasteiger partial charge in [0.25, 0.3) is 5.91 Å². The molecule has 1 aromatic rings. The summed E-state index contributed by atoms with van der Waals surface area (Å²) < 4.78 is 0. The molecular formula is C12H15N3O. The number of rotatable bonds is 1. The van der Waals surface area contributed by atoms with Crippen LogP contribution in [0.3, 0.4) is 0 Å². The van der Waals surface area contributed by atoms with E-state index in [9.17, 15) is 4.79 Å². The normalized spacial score (nSPS) is 31.4. The number of piperidine rings is 1. The molecule has 2 N–H and O–H groups in total. The molecule has 0 radical (unpaired) electrons. The quantitative estimate of drug-likeness (QED) is 0.741. The second-order valence-corrected chi connectivity index (χ2v) is 4.87. The average Bonchev–Trinajstić information content (AvgIpc) is 2.74. The number of likely N-dealkylation sites (tertiary alicyclic amines) is 1. The molecule has 0 spiro atoms. The number of carbonyl (C=O) groups is 1. The summed E-state index contributed by atoms with van der Waals surface area (Å²) in [5, 5.41) is 0. The number of carbonyl (C=O) groups excluding carboxylic acids is 1. The van der Waals surface area contributed by atoms with Crippen LogP contribution in [-0.2, 0) is 0 Å². The Balaban J connectivity index is 1.75. The molecule has 84 valence electrons. The van der Waals surface area contributed by atoms with Gasteiger partial charge in [0, 0.05) is 31.5 Å². The van der Waals surface area contributed by atoms with Gasteiger partial charge < -0.3 is 10.6 Å². The van der Waals surface area contributed by atoms with E-state index in [4.69, 9.17) is 5.73 Å². The predicted molar refractivity (Wildman–Crippen MR) is 59.8 cm³/mol. The van der Waals surface area contributed by atoms with Crippen LogP contribution in [-0.4, -0.2) is 34.9 Å². The maximum absolute atomic E-state index is 12.1. The first-order chi connectivity index (χ1) is 7.66. The Labute approximate surface area is 94.5 Å². The summed E-state index contributed by atoms with van der Waals surface area (Å²) in [5.74, 6) is 1.18. The smallest absolute Gasteiger partial charge is 0.255 e. The van der Waals surface area contributed by atoms with Gasteiger partial charge in [0.05, 0.1) is 5.56 Å². The minimum absolute atomic E-state index is 0.0931. The lowest BCUT2D eigenvalue weighted by Gasteiger charge is -2.19. The lowest BCUT2D eigenvalue weighted by molar-refractivity contribution is 0.0772. The number of amides is 1. The van der Waals surface area contributed by atoms with Gasteiger partial charge in [0.1, 0.15) is 0 Å². The van der Waals surface area contributed by atoms with Crippen molar-refractivity contribution in [3.05, 3.63) is 29.6 Å². The minimum atomic E-state index is 0.0931. The van der Waals surface area contributed by atoms with Crippen molar-refractivity contribution >= 4 is 5.91 Å². The van der Waals surface area contributed by atoms with Crippen molar-refractivity contribution in [1.82, 2.24) is 9.88 Å². The molecule has 3 rings (SSSR count). The van der Waals surface area contributed by atoms with Gasteiger partial charge in [-0.05, 0) is 30.4 Å². The number of hydrogen-bond acceptors (Lipinski definition) is 3. The fraction of sp³-hybridized carbons (Fsp3) is 0.500.